The Morgan fingerprint density at radius 3 is 2.93 bits per heavy atom. The smallest absolute Gasteiger partial charge is 0.271 e. The number of aliphatic hydroxyl groups is 1. The van der Waals surface area contributed by atoms with E-state index < -0.39 is 0 Å². The van der Waals surface area contributed by atoms with Crippen LogP contribution in [0, 0.1) is 5.41 Å². The Morgan fingerprint density at radius 1 is 1.73 bits per heavy atom. The second kappa shape index (κ2) is 3.54. The Morgan fingerprint density at radius 2 is 2.47 bits per heavy atom. The normalized spacial score (nSPS) is 17.4. The largest absolute Gasteiger partial charge is 0.396 e. The first-order chi connectivity index (χ1) is 7.17. The van der Waals surface area contributed by atoms with E-state index in [2.05, 4.69) is 15.5 Å². The van der Waals surface area contributed by atoms with Crippen LogP contribution in [0.5, 0.6) is 0 Å². The van der Waals surface area contributed by atoms with E-state index in [0.717, 1.165) is 12.8 Å². The Hall–Kier alpha value is -1.56. The summed E-state index contributed by atoms with van der Waals surface area (Å²) in [6, 6.07) is 0. The summed E-state index contributed by atoms with van der Waals surface area (Å²) in [6.45, 7) is 0.604. The first-order valence-electron chi connectivity index (χ1n) is 4.85. The maximum atomic E-state index is 11.6. The topological polar surface area (TPSA) is 104 Å². The van der Waals surface area contributed by atoms with Crippen LogP contribution in [0.15, 0.2) is 6.20 Å². The van der Waals surface area contributed by atoms with E-state index in [1.54, 1.807) is 0 Å². The number of H-pyrrole nitrogens is 1. The second-order valence-electron chi connectivity index (χ2n) is 4.04. The van der Waals surface area contributed by atoms with Gasteiger partial charge in [0.15, 0.2) is 0 Å². The summed E-state index contributed by atoms with van der Waals surface area (Å²) in [4.78, 5) is 11.6. The molecule has 1 aliphatic carbocycles. The molecule has 0 aliphatic heterocycles. The van der Waals surface area contributed by atoms with Crippen LogP contribution in [0.3, 0.4) is 0 Å². The Balaban J connectivity index is 1.91. The van der Waals surface area contributed by atoms with Crippen molar-refractivity contribution in [1.82, 2.24) is 15.5 Å². The van der Waals surface area contributed by atoms with E-state index in [-0.39, 0.29) is 23.6 Å². The van der Waals surface area contributed by atoms with Gasteiger partial charge in [-0.25, -0.2) is 0 Å². The summed E-state index contributed by atoms with van der Waals surface area (Å²) >= 11 is 0. The van der Waals surface area contributed by atoms with Crippen LogP contribution < -0.4 is 11.1 Å². The highest BCUT2D eigenvalue weighted by Gasteiger charge is 2.42. The summed E-state index contributed by atoms with van der Waals surface area (Å²) in [6.07, 6.45) is 3.32. The number of carbonyl (C=O) groups excluding carboxylic acids is 1. The van der Waals surface area contributed by atoms with Crippen LogP contribution in [0.4, 0.5) is 5.69 Å². The summed E-state index contributed by atoms with van der Waals surface area (Å²) in [5, 5.41) is 18.0. The fourth-order valence-corrected chi connectivity index (χ4v) is 1.40. The molecule has 0 bridgehead atoms. The molecule has 15 heavy (non-hydrogen) atoms. The molecule has 6 heteroatoms. The number of carbonyl (C=O) groups is 1. The fraction of sp³-hybridized carbons (Fsp3) is 0.556. The van der Waals surface area contributed by atoms with Crippen molar-refractivity contribution in [3.05, 3.63) is 11.9 Å². The molecule has 0 unspecified atom stereocenters. The van der Waals surface area contributed by atoms with Gasteiger partial charge in [-0.15, -0.1) is 0 Å². The molecule has 0 atom stereocenters. The lowest BCUT2D eigenvalue weighted by atomic mass is 10.1. The predicted octanol–water partition coefficient (Wildman–Crippen LogP) is -0.506. The lowest BCUT2D eigenvalue weighted by Crippen LogP contribution is -2.32. The molecule has 1 amide bonds. The summed E-state index contributed by atoms with van der Waals surface area (Å²) in [5.41, 5.74) is 6.05. The first-order valence-corrected chi connectivity index (χ1v) is 4.85. The van der Waals surface area contributed by atoms with Gasteiger partial charge in [-0.2, -0.15) is 5.10 Å². The number of hydrogen-bond donors (Lipinski definition) is 4. The average Bonchev–Trinajstić information content (AvgIpc) is 2.91. The van der Waals surface area contributed by atoms with E-state index >= 15 is 0 Å². The average molecular weight is 210 g/mol. The van der Waals surface area contributed by atoms with Gasteiger partial charge in [0.05, 0.1) is 18.5 Å². The molecule has 1 aromatic heterocycles. The summed E-state index contributed by atoms with van der Waals surface area (Å²) in [5.74, 6) is -0.273. The first kappa shape index (κ1) is 9.97. The lowest BCUT2D eigenvalue weighted by molar-refractivity contribution is 0.0931. The van der Waals surface area contributed by atoms with Crippen LogP contribution >= 0.6 is 0 Å². The number of nitrogens with one attached hydrogen (secondary N) is 2. The van der Waals surface area contributed by atoms with Gasteiger partial charge in [0.25, 0.3) is 5.91 Å². The van der Waals surface area contributed by atoms with E-state index in [1.165, 1.54) is 6.20 Å². The minimum absolute atomic E-state index is 0.0928. The van der Waals surface area contributed by atoms with Crippen LogP contribution in [-0.2, 0) is 0 Å². The highest BCUT2D eigenvalue weighted by Crippen LogP contribution is 2.44. The van der Waals surface area contributed by atoms with Crippen molar-refractivity contribution in [3.63, 3.8) is 0 Å². The third-order valence-corrected chi connectivity index (χ3v) is 2.81. The van der Waals surface area contributed by atoms with E-state index in [0.29, 0.717) is 12.2 Å². The van der Waals surface area contributed by atoms with Crippen molar-refractivity contribution in [2.45, 2.75) is 12.8 Å². The van der Waals surface area contributed by atoms with Crippen LogP contribution in [0.1, 0.15) is 23.3 Å². The second-order valence-corrected chi connectivity index (χ2v) is 4.04. The summed E-state index contributed by atoms with van der Waals surface area (Å²) < 4.78 is 0. The number of amides is 1. The molecule has 5 N–H and O–H groups in total. The molecule has 6 nitrogen and oxygen atoms in total. The standard InChI is InChI=1S/C9H14N4O2/c10-6-3-12-13-7(6)8(15)11-4-9(5-14)1-2-9/h3,14H,1-2,4-5,10H2,(H,11,15)(H,12,13). The third-order valence-electron chi connectivity index (χ3n) is 2.81. The van der Waals surface area contributed by atoms with Crippen LogP contribution in [0.25, 0.3) is 0 Å². The number of nitrogens with two attached hydrogens (primary N) is 1. The zero-order chi connectivity index (χ0) is 10.9. The molecule has 1 saturated carbocycles. The molecule has 1 aliphatic rings. The minimum atomic E-state index is -0.273. The van der Waals surface area contributed by atoms with E-state index in [1.807, 2.05) is 0 Å². The fourth-order valence-electron chi connectivity index (χ4n) is 1.40. The Bertz CT molecular complexity index is 370. The van der Waals surface area contributed by atoms with Crippen molar-refractivity contribution < 1.29 is 9.90 Å². The van der Waals surface area contributed by atoms with Gasteiger partial charge in [-0.3, -0.25) is 9.89 Å². The molecule has 0 saturated heterocycles. The zero-order valence-electron chi connectivity index (χ0n) is 8.29. The van der Waals surface area contributed by atoms with Crippen molar-refractivity contribution in [2.24, 2.45) is 5.41 Å². The maximum absolute atomic E-state index is 11.6. The highest BCUT2D eigenvalue weighted by atomic mass is 16.3. The quantitative estimate of drug-likeness (QED) is 0.537. The molecular formula is C9H14N4O2. The number of rotatable bonds is 4. The molecule has 1 fully saturated rings. The van der Waals surface area contributed by atoms with Gasteiger partial charge in [0, 0.05) is 12.0 Å². The van der Waals surface area contributed by atoms with Gasteiger partial charge in [0.2, 0.25) is 0 Å². The third kappa shape index (κ3) is 1.94. The monoisotopic (exact) mass is 210 g/mol. The zero-order valence-corrected chi connectivity index (χ0v) is 8.29. The van der Waals surface area contributed by atoms with E-state index in [4.69, 9.17) is 10.8 Å². The SMILES string of the molecule is Nc1cn[nH]c1C(=O)NCC1(CO)CC1. The highest BCUT2D eigenvalue weighted by molar-refractivity contribution is 5.96. The number of aromatic nitrogens is 2. The van der Waals surface area contributed by atoms with Crippen molar-refractivity contribution in [2.75, 3.05) is 18.9 Å². The van der Waals surface area contributed by atoms with Crippen molar-refractivity contribution in [1.29, 1.82) is 0 Å². The maximum Gasteiger partial charge on any atom is 0.271 e. The molecule has 1 heterocycles. The lowest BCUT2D eigenvalue weighted by Gasteiger charge is -2.11. The molecule has 82 valence electrons. The number of aliphatic hydroxyl groups excluding tert-OH is 1. The number of aromatic amines is 1. The Labute approximate surface area is 86.9 Å². The van der Waals surface area contributed by atoms with Gasteiger partial charge in [-0.1, -0.05) is 0 Å². The van der Waals surface area contributed by atoms with Gasteiger partial charge in [0.1, 0.15) is 5.69 Å². The number of nitrogen functional groups attached to an aromatic ring is 1. The van der Waals surface area contributed by atoms with Crippen molar-refractivity contribution >= 4 is 11.6 Å². The number of nitrogens with zero attached hydrogens (tertiary/aromatic N) is 1. The van der Waals surface area contributed by atoms with Crippen molar-refractivity contribution in [3.8, 4) is 0 Å². The van der Waals surface area contributed by atoms with Crippen LogP contribution in [-0.4, -0.2) is 34.4 Å². The molecule has 2 rings (SSSR count). The van der Waals surface area contributed by atoms with Gasteiger partial charge >= 0.3 is 0 Å². The molecule has 0 radical (unpaired) electrons. The minimum Gasteiger partial charge on any atom is -0.396 e. The van der Waals surface area contributed by atoms with Gasteiger partial charge < -0.3 is 16.2 Å². The number of anilines is 1. The molecule has 0 aromatic carbocycles. The Kier molecular flexibility index (Phi) is 2.36. The molecular weight excluding hydrogens is 196 g/mol. The van der Waals surface area contributed by atoms with E-state index in [9.17, 15) is 4.79 Å². The molecule has 1 aromatic rings. The van der Waals surface area contributed by atoms with Crippen LogP contribution in [0.2, 0.25) is 0 Å². The summed E-state index contributed by atoms with van der Waals surface area (Å²) in [7, 11) is 0. The predicted molar refractivity (Wildman–Crippen MR) is 54.1 cm³/mol. The molecule has 0 spiro atoms. The van der Waals surface area contributed by atoms with Gasteiger partial charge in [-0.05, 0) is 12.8 Å². The number of hydrogen-bond acceptors (Lipinski definition) is 4.